The van der Waals surface area contributed by atoms with E-state index in [9.17, 15) is 14.4 Å². The zero-order valence-corrected chi connectivity index (χ0v) is 14.9. The summed E-state index contributed by atoms with van der Waals surface area (Å²) in [6, 6.07) is 4.56. The number of urea groups is 1. The molecule has 0 bridgehead atoms. The number of carbonyl (C=O) groups excluding carboxylic acids is 3. The summed E-state index contributed by atoms with van der Waals surface area (Å²) in [4.78, 5) is 46.5. The Bertz CT molecular complexity index is 1040. The SMILES string of the molecule is COc1ccc2c(c1)C(=O)N(C[C@@]1(C#Cc3cnccn3)NC(=O)NC1=O)C2. The Labute approximate surface area is 160 Å². The first kappa shape index (κ1) is 17.5. The van der Waals surface area contributed by atoms with Crippen molar-refractivity contribution in [2.24, 2.45) is 0 Å². The fraction of sp³-hybridized carbons (Fsp3) is 0.211. The number of fused-ring (bicyclic) bond motifs is 1. The fourth-order valence-corrected chi connectivity index (χ4v) is 3.15. The molecule has 1 aromatic carbocycles. The third-order valence-electron chi connectivity index (χ3n) is 4.53. The molecule has 1 saturated heterocycles. The first-order valence-electron chi connectivity index (χ1n) is 8.40. The number of hydrogen-bond acceptors (Lipinski definition) is 6. The second-order valence-electron chi connectivity index (χ2n) is 6.34. The number of rotatable bonds is 3. The molecular formula is C19H15N5O4. The first-order chi connectivity index (χ1) is 13.5. The molecule has 1 atom stereocenters. The molecule has 0 aliphatic carbocycles. The molecule has 0 unspecified atom stereocenters. The zero-order chi connectivity index (χ0) is 19.7. The van der Waals surface area contributed by atoms with E-state index in [1.165, 1.54) is 30.6 Å². The summed E-state index contributed by atoms with van der Waals surface area (Å²) >= 11 is 0. The number of nitrogens with one attached hydrogen (secondary N) is 2. The van der Waals surface area contributed by atoms with Crippen molar-refractivity contribution in [3.8, 4) is 17.6 Å². The van der Waals surface area contributed by atoms with Gasteiger partial charge in [0.2, 0.25) is 5.54 Å². The number of carbonyl (C=O) groups is 3. The lowest BCUT2D eigenvalue weighted by atomic mass is 9.99. The Hall–Kier alpha value is -3.93. The van der Waals surface area contributed by atoms with Crippen LogP contribution in [-0.2, 0) is 11.3 Å². The van der Waals surface area contributed by atoms with Gasteiger partial charge in [-0.1, -0.05) is 12.0 Å². The van der Waals surface area contributed by atoms with Gasteiger partial charge in [0.1, 0.15) is 11.4 Å². The highest BCUT2D eigenvalue weighted by Crippen LogP contribution is 2.28. The molecule has 9 nitrogen and oxygen atoms in total. The molecule has 4 amide bonds. The molecule has 1 fully saturated rings. The quantitative estimate of drug-likeness (QED) is 0.578. The number of benzene rings is 1. The lowest BCUT2D eigenvalue weighted by molar-refractivity contribution is -0.122. The fourth-order valence-electron chi connectivity index (χ4n) is 3.15. The van der Waals surface area contributed by atoms with E-state index in [2.05, 4.69) is 32.4 Å². The van der Waals surface area contributed by atoms with E-state index >= 15 is 0 Å². The maximum absolute atomic E-state index is 12.8. The highest BCUT2D eigenvalue weighted by Gasteiger charge is 2.48. The van der Waals surface area contributed by atoms with Crippen LogP contribution in [0.25, 0.3) is 0 Å². The highest BCUT2D eigenvalue weighted by atomic mass is 16.5. The number of nitrogens with zero attached hydrogens (tertiary/aromatic N) is 3. The van der Waals surface area contributed by atoms with Gasteiger partial charge in [0.05, 0.1) is 19.9 Å². The molecule has 2 aliphatic heterocycles. The topological polar surface area (TPSA) is 114 Å². The number of amides is 4. The van der Waals surface area contributed by atoms with E-state index in [0.717, 1.165) is 5.56 Å². The van der Waals surface area contributed by atoms with Gasteiger partial charge in [-0.15, -0.1) is 0 Å². The summed E-state index contributed by atoms with van der Waals surface area (Å²) in [5, 5.41) is 4.73. The Morgan fingerprint density at radius 2 is 2.14 bits per heavy atom. The van der Waals surface area contributed by atoms with Crippen molar-refractivity contribution in [3.05, 3.63) is 53.6 Å². The van der Waals surface area contributed by atoms with Gasteiger partial charge in [-0.05, 0) is 23.6 Å². The largest absolute Gasteiger partial charge is 0.497 e. The average Bonchev–Trinajstić information content (AvgIpc) is 3.16. The smallest absolute Gasteiger partial charge is 0.323 e. The molecule has 9 heteroatoms. The molecule has 2 aliphatic rings. The molecule has 0 spiro atoms. The Balaban J connectivity index is 1.65. The van der Waals surface area contributed by atoms with Gasteiger partial charge >= 0.3 is 6.03 Å². The Morgan fingerprint density at radius 1 is 1.29 bits per heavy atom. The number of imide groups is 1. The van der Waals surface area contributed by atoms with Gasteiger partial charge in [-0.25, -0.2) is 9.78 Å². The van der Waals surface area contributed by atoms with Gasteiger partial charge < -0.3 is 15.0 Å². The average molecular weight is 377 g/mol. The first-order valence-corrected chi connectivity index (χ1v) is 8.40. The second kappa shape index (κ2) is 6.66. The maximum Gasteiger partial charge on any atom is 0.323 e. The van der Waals surface area contributed by atoms with Crippen LogP contribution in [0.1, 0.15) is 21.6 Å². The van der Waals surface area contributed by atoms with Crippen molar-refractivity contribution in [2.75, 3.05) is 13.7 Å². The van der Waals surface area contributed by atoms with Crippen LogP contribution in [0.2, 0.25) is 0 Å². The minimum atomic E-state index is -1.57. The molecule has 2 aromatic rings. The molecular weight excluding hydrogens is 362 g/mol. The monoisotopic (exact) mass is 377 g/mol. The molecule has 140 valence electrons. The molecule has 4 rings (SSSR count). The van der Waals surface area contributed by atoms with E-state index in [4.69, 9.17) is 4.74 Å². The van der Waals surface area contributed by atoms with Crippen molar-refractivity contribution in [2.45, 2.75) is 12.1 Å². The third-order valence-corrected chi connectivity index (χ3v) is 4.53. The van der Waals surface area contributed by atoms with Gasteiger partial charge in [-0.2, -0.15) is 0 Å². The van der Waals surface area contributed by atoms with Gasteiger partial charge in [-0.3, -0.25) is 19.9 Å². The molecule has 1 aromatic heterocycles. The normalized spacial score (nSPS) is 20.2. The van der Waals surface area contributed by atoms with Crippen molar-refractivity contribution >= 4 is 17.8 Å². The van der Waals surface area contributed by atoms with Crippen LogP contribution in [0.3, 0.4) is 0 Å². The van der Waals surface area contributed by atoms with Crippen LogP contribution in [-0.4, -0.2) is 51.9 Å². The van der Waals surface area contributed by atoms with E-state index in [0.29, 0.717) is 23.6 Å². The molecule has 2 N–H and O–H groups in total. The van der Waals surface area contributed by atoms with Crippen LogP contribution < -0.4 is 15.4 Å². The number of methoxy groups -OCH3 is 1. The van der Waals surface area contributed by atoms with Gasteiger partial charge in [0, 0.05) is 24.5 Å². The lowest BCUT2D eigenvalue weighted by Gasteiger charge is -2.26. The van der Waals surface area contributed by atoms with Crippen LogP contribution in [0.5, 0.6) is 5.75 Å². The van der Waals surface area contributed by atoms with Crippen LogP contribution >= 0.6 is 0 Å². The Morgan fingerprint density at radius 3 is 2.82 bits per heavy atom. The van der Waals surface area contributed by atoms with Gasteiger partial charge in [0.25, 0.3) is 11.8 Å². The van der Waals surface area contributed by atoms with E-state index in [-0.39, 0.29) is 12.5 Å². The van der Waals surface area contributed by atoms with E-state index < -0.39 is 17.5 Å². The summed E-state index contributed by atoms with van der Waals surface area (Å²) in [6.45, 7) is 0.198. The molecule has 0 saturated carbocycles. The van der Waals surface area contributed by atoms with Crippen molar-refractivity contribution < 1.29 is 19.1 Å². The van der Waals surface area contributed by atoms with Crippen LogP contribution in [0, 0.1) is 11.8 Å². The van der Waals surface area contributed by atoms with Crippen molar-refractivity contribution in [1.82, 2.24) is 25.5 Å². The standard InChI is InChI=1S/C19H15N5O4/c1-28-14-3-2-12-10-24(16(25)15(12)8-14)11-19(17(26)22-18(27)23-19)5-4-13-9-20-6-7-21-13/h2-3,6-9H,10-11H2,1H3,(H2,22,23,26,27)/t19-/m1/s1. The zero-order valence-electron chi connectivity index (χ0n) is 14.9. The van der Waals surface area contributed by atoms with Gasteiger partial charge in [0.15, 0.2) is 0 Å². The maximum atomic E-state index is 12.8. The minimum absolute atomic E-state index is 0.104. The number of hydrogen-bond donors (Lipinski definition) is 2. The van der Waals surface area contributed by atoms with Crippen LogP contribution in [0.4, 0.5) is 4.79 Å². The molecule has 3 heterocycles. The number of ether oxygens (including phenoxy) is 1. The summed E-state index contributed by atoms with van der Waals surface area (Å²) in [6.07, 6.45) is 4.41. The summed E-state index contributed by atoms with van der Waals surface area (Å²) in [5.74, 6) is 5.21. The summed E-state index contributed by atoms with van der Waals surface area (Å²) in [7, 11) is 1.52. The summed E-state index contributed by atoms with van der Waals surface area (Å²) < 4.78 is 5.17. The van der Waals surface area contributed by atoms with E-state index in [1.807, 2.05) is 0 Å². The predicted molar refractivity (Wildman–Crippen MR) is 96.0 cm³/mol. The highest BCUT2D eigenvalue weighted by molar-refractivity contribution is 6.10. The number of aromatic nitrogens is 2. The summed E-state index contributed by atoms with van der Waals surface area (Å²) in [5.41, 5.74) is 0.0846. The predicted octanol–water partition coefficient (Wildman–Crippen LogP) is 0.0709. The van der Waals surface area contributed by atoms with Crippen LogP contribution in [0.15, 0.2) is 36.8 Å². The Kier molecular flexibility index (Phi) is 4.16. The van der Waals surface area contributed by atoms with E-state index in [1.54, 1.807) is 18.2 Å². The molecule has 28 heavy (non-hydrogen) atoms. The van der Waals surface area contributed by atoms with Crippen molar-refractivity contribution in [1.29, 1.82) is 0 Å². The van der Waals surface area contributed by atoms with Crippen molar-refractivity contribution in [3.63, 3.8) is 0 Å². The lowest BCUT2D eigenvalue weighted by Crippen LogP contribution is -2.54. The molecule has 0 radical (unpaired) electrons. The second-order valence-corrected chi connectivity index (χ2v) is 6.34. The third kappa shape index (κ3) is 3.01. The minimum Gasteiger partial charge on any atom is -0.497 e.